The summed E-state index contributed by atoms with van der Waals surface area (Å²) in [5.41, 5.74) is 1.98. The fourth-order valence-electron chi connectivity index (χ4n) is 4.36. The molecule has 0 bridgehead atoms. The first-order valence-corrected chi connectivity index (χ1v) is 10.3. The van der Waals surface area contributed by atoms with Gasteiger partial charge in [-0.25, -0.2) is 4.39 Å². The van der Waals surface area contributed by atoms with Crippen LogP contribution in [0.3, 0.4) is 0 Å². The molecule has 0 aliphatic carbocycles. The quantitative estimate of drug-likeness (QED) is 0.428. The van der Waals surface area contributed by atoms with Crippen LogP contribution < -0.4 is 4.90 Å². The molecule has 1 aliphatic heterocycles. The second-order valence-corrected chi connectivity index (χ2v) is 7.76. The lowest BCUT2D eigenvalue weighted by molar-refractivity contribution is 0.399. The van der Waals surface area contributed by atoms with Gasteiger partial charge in [0.15, 0.2) is 17.3 Å². The number of hydrogen-bond acceptors (Lipinski definition) is 6. The Bertz CT molecular complexity index is 1430. The molecule has 0 atom stereocenters. The van der Waals surface area contributed by atoms with Crippen molar-refractivity contribution in [2.75, 3.05) is 18.0 Å². The van der Waals surface area contributed by atoms with Crippen LogP contribution in [-0.2, 0) is 0 Å². The molecule has 0 amide bonds. The summed E-state index contributed by atoms with van der Waals surface area (Å²) in [6.45, 7) is 3.72. The molecule has 3 aromatic heterocycles. The maximum Gasteiger partial charge on any atom is 0.191 e. The number of anilines is 1. The van der Waals surface area contributed by atoms with E-state index < -0.39 is 0 Å². The highest BCUT2D eigenvalue weighted by Crippen LogP contribution is 2.36. The van der Waals surface area contributed by atoms with Crippen LogP contribution in [0, 0.1) is 12.7 Å². The van der Waals surface area contributed by atoms with Crippen molar-refractivity contribution in [1.82, 2.24) is 25.0 Å². The first-order chi connectivity index (χ1) is 15.2. The van der Waals surface area contributed by atoms with Crippen LogP contribution in [0.4, 0.5) is 10.2 Å². The molecule has 0 spiro atoms. The SMILES string of the molecule is Cc1onc(-c2ccccc2F)c1-c1nnc2c3ccccc3c(N3CCCC3)nn12. The predicted octanol–water partition coefficient (Wildman–Crippen LogP) is 4.65. The third-order valence-electron chi connectivity index (χ3n) is 5.87. The number of fused-ring (bicyclic) bond motifs is 3. The van der Waals surface area contributed by atoms with E-state index in [2.05, 4.69) is 26.3 Å². The van der Waals surface area contributed by atoms with E-state index in [-0.39, 0.29) is 5.82 Å². The molecule has 0 unspecified atom stereocenters. The van der Waals surface area contributed by atoms with Crippen molar-refractivity contribution in [3.8, 4) is 22.6 Å². The molecular formula is C23H19FN6O. The van der Waals surface area contributed by atoms with Crippen molar-refractivity contribution in [2.24, 2.45) is 0 Å². The first-order valence-electron chi connectivity index (χ1n) is 10.3. The van der Waals surface area contributed by atoms with Gasteiger partial charge < -0.3 is 9.42 Å². The number of hydrogen-bond donors (Lipinski definition) is 0. The Labute approximate surface area is 177 Å². The molecule has 7 nitrogen and oxygen atoms in total. The number of aromatic nitrogens is 5. The van der Waals surface area contributed by atoms with Gasteiger partial charge in [-0.05, 0) is 31.9 Å². The Kier molecular flexibility index (Phi) is 3.99. The van der Waals surface area contributed by atoms with Gasteiger partial charge in [-0.2, -0.15) is 4.52 Å². The predicted molar refractivity (Wildman–Crippen MR) is 115 cm³/mol. The summed E-state index contributed by atoms with van der Waals surface area (Å²) in [7, 11) is 0. The van der Waals surface area contributed by atoms with Crippen molar-refractivity contribution in [2.45, 2.75) is 19.8 Å². The van der Waals surface area contributed by atoms with Gasteiger partial charge in [0.25, 0.3) is 0 Å². The lowest BCUT2D eigenvalue weighted by Crippen LogP contribution is -2.20. The number of benzene rings is 2. The maximum atomic E-state index is 14.6. The third-order valence-corrected chi connectivity index (χ3v) is 5.87. The lowest BCUT2D eigenvalue weighted by Gasteiger charge is -2.18. The van der Waals surface area contributed by atoms with Crippen molar-refractivity contribution >= 4 is 22.2 Å². The summed E-state index contributed by atoms with van der Waals surface area (Å²) in [5.74, 6) is 1.55. The van der Waals surface area contributed by atoms with E-state index >= 15 is 0 Å². The number of halogens is 1. The van der Waals surface area contributed by atoms with Gasteiger partial charge in [0.1, 0.15) is 17.3 Å². The van der Waals surface area contributed by atoms with E-state index in [1.54, 1.807) is 29.6 Å². The van der Waals surface area contributed by atoms with Gasteiger partial charge in [-0.3, -0.25) is 0 Å². The Morgan fingerprint density at radius 3 is 2.48 bits per heavy atom. The molecular weight excluding hydrogens is 395 g/mol. The topological polar surface area (TPSA) is 72.3 Å². The Balaban J connectivity index is 1.64. The largest absolute Gasteiger partial charge is 0.360 e. The highest BCUT2D eigenvalue weighted by molar-refractivity contribution is 6.00. The molecule has 2 aromatic carbocycles. The van der Waals surface area contributed by atoms with Crippen LogP contribution in [0.1, 0.15) is 18.6 Å². The summed E-state index contributed by atoms with van der Waals surface area (Å²) in [6.07, 6.45) is 2.29. The molecule has 6 rings (SSSR count). The molecule has 31 heavy (non-hydrogen) atoms. The van der Waals surface area contributed by atoms with E-state index in [9.17, 15) is 4.39 Å². The van der Waals surface area contributed by atoms with Crippen LogP contribution in [0.5, 0.6) is 0 Å². The highest BCUT2D eigenvalue weighted by Gasteiger charge is 2.26. The number of nitrogens with zero attached hydrogens (tertiary/aromatic N) is 6. The van der Waals surface area contributed by atoms with Crippen LogP contribution in [0.2, 0.25) is 0 Å². The zero-order valence-electron chi connectivity index (χ0n) is 16.9. The Hall–Kier alpha value is -3.81. The highest BCUT2D eigenvalue weighted by atomic mass is 19.1. The molecule has 0 saturated carbocycles. The molecule has 0 N–H and O–H groups in total. The summed E-state index contributed by atoms with van der Waals surface area (Å²) < 4.78 is 21.7. The standard InChI is InChI=1S/C23H19FN6O/c1-14-19(20(28-31-14)17-10-4-5-11-18(17)24)23-26-25-21-15-8-2-3-9-16(15)22(27-30(21)23)29-12-6-7-13-29/h2-5,8-11H,6-7,12-13H2,1H3. The minimum absolute atomic E-state index is 0.353. The smallest absolute Gasteiger partial charge is 0.191 e. The van der Waals surface area contributed by atoms with E-state index in [1.165, 1.54) is 6.07 Å². The second-order valence-electron chi connectivity index (χ2n) is 7.76. The zero-order chi connectivity index (χ0) is 20.9. The summed E-state index contributed by atoms with van der Waals surface area (Å²) >= 11 is 0. The van der Waals surface area contributed by atoms with Crippen molar-refractivity contribution < 1.29 is 8.91 Å². The van der Waals surface area contributed by atoms with Crippen molar-refractivity contribution in [3.63, 3.8) is 0 Å². The van der Waals surface area contributed by atoms with Crippen LogP contribution in [0.25, 0.3) is 39.1 Å². The molecule has 154 valence electrons. The number of rotatable bonds is 3. The monoisotopic (exact) mass is 414 g/mol. The van der Waals surface area contributed by atoms with Crippen molar-refractivity contribution in [1.29, 1.82) is 0 Å². The average Bonchev–Trinajstić information content (AvgIpc) is 3.53. The molecule has 1 aliphatic rings. The molecule has 5 aromatic rings. The van der Waals surface area contributed by atoms with Gasteiger partial charge in [0.2, 0.25) is 0 Å². The van der Waals surface area contributed by atoms with E-state index in [1.807, 2.05) is 18.2 Å². The van der Waals surface area contributed by atoms with Crippen molar-refractivity contribution in [3.05, 3.63) is 60.1 Å². The molecule has 1 fully saturated rings. The van der Waals surface area contributed by atoms with Gasteiger partial charge in [0.05, 0.1) is 5.56 Å². The Morgan fingerprint density at radius 2 is 1.68 bits per heavy atom. The van der Waals surface area contributed by atoms with E-state index in [0.717, 1.165) is 42.5 Å². The summed E-state index contributed by atoms with van der Waals surface area (Å²) in [5, 5.41) is 20.0. The minimum Gasteiger partial charge on any atom is -0.360 e. The van der Waals surface area contributed by atoms with Gasteiger partial charge in [0, 0.05) is 29.4 Å². The fourth-order valence-corrected chi connectivity index (χ4v) is 4.36. The molecule has 1 saturated heterocycles. The molecule has 8 heteroatoms. The minimum atomic E-state index is -0.373. The van der Waals surface area contributed by atoms with E-state index in [4.69, 9.17) is 9.62 Å². The first kappa shape index (κ1) is 18.0. The van der Waals surface area contributed by atoms with Gasteiger partial charge >= 0.3 is 0 Å². The number of aryl methyl sites for hydroxylation is 1. The van der Waals surface area contributed by atoms with Crippen LogP contribution in [0.15, 0.2) is 53.1 Å². The van der Waals surface area contributed by atoms with Gasteiger partial charge in [-0.1, -0.05) is 41.6 Å². The molecule has 4 heterocycles. The normalized spacial score (nSPS) is 14.2. The van der Waals surface area contributed by atoms with E-state index in [0.29, 0.717) is 34.1 Å². The van der Waals surface area contributed by atoms with Gasteiger partial charge in [-0.15, -0.1) is 15.3 Å². The maximum absolute atomic E-state index is 14.6. The van der Waals surface area contributed by atoms with Crippen LogP contribution >= 0.6 is 0 Å². The second kappa shape index (κ2) is 6.87. The lowest BCUT2D eigenvalue weighted by atomic mass is 10.1. The third kappa shape index (κ3) is 2.71. The zero-order valence-corrected chi connectivity index (χ0v) is 16.9. The molecule has 0 radical (unpaired) electrons. The fraction of sp³-hybridized carbons (Fsp3) is 0.217. The Morgan fingerprint density at radius 1 is 0.935 bits per heavy atom. The van der Waals surface area contributed by atoms with Crippen LogP contribution in [-0.4, -0.2) is 38.1 Å². The summed E-state index contributed by atoms with van der Waals surface area (Å²) in [4.78, 5) is 2.30. The summed E-state index contributed by atoms with van der Waals surface area (Å²) in [6, 6.07) is 14.6. The average molecular weight is 414 g/mol.